The molecule has 0 fully saturated rings. The van der Waals surface area contributed by atoms with Crippen LogP contribution in [0.25, 0.3) is 6.08 Å². The highest BCUT2D eigenvalue weighted by Gasteiger charge is 2.09. The van der Waals surface area contributed by atoms with Crippen molar-refractivity contribution in [1.29, 1.82) is 0 Å². The monoisotopic (exact) mass is 211 g/mol. The van der Waals surface area contributed by atoms with E-state index in [2.05, 4.69) is 0 Å². The average molecular weight is 211 g/mol. The van der Waals surface area contributed by atoms with Gasteiger partial charge in [-0.3, -0.25) is 0 Å². The molecule has 14 heavy (non-hydrogen) atoms. The van der Waals surface area contributed by atoms with Gasteiger partial charge in [0.25, 0.3) is 0 Å². The molecule has 0 saturated carbocycles. The second-order valence-electron chi connectivity index (χ2n) is 2.95. The average Bonchev–Trinajstić information content (AvgIpc) is 2.14. The lowest BCUT2D eigenvalue weighted by Crippen LogP contribution is -2.00. The Hall–Kier alpha value is -1.13. The first-order valence-corrected chi connectivity index (χ1v) is 6.10. The van der Waals surface area contributed by atoms with Crippen LogP contribution < -0.4 is 5.73 Å². The Morgan fingerprint density at radius 1 is 1.36 bits per heavy atom. The standard InChI is InChI=1S/C10H13NO2S/c1-14(12,13)10-7-3-2-5-9(10)6-4-8-11/h2-7H,8,11H2,1H3/b6-4+. The third-order valence-corrected chi connectivity index (χ3v) is 2.92. The van der Waals surface area contributed by atoms with Gasteiger partial charge in [0.2, 0.25) is 0 Å². The van der Waals surface area contributed by atoms with Gasteiger partial charge in [-0.05, 0) is 11.6 Å². The van der Waals surface area contributed by atoms with Crippen molar-refractivity contribution in [3.8, 4) is 0 Å². The van der Waals surface area contributed by atoms with E-state index in [1.807, 2.05) is 0 Å². The van der Waals surface area contributed by atoms with Crippen molar-refractivity contribution in [2.45, 2.75) is 4.90 Å². The van der Waals surface area contributed by atoms with E-state index in [4.69, 9.17) is 5.73 Å². The van der Waals surface area contributed by atoms with Gasteiger partial charge < -0.3 is 5.73 Å². The maximum Gasteiger partial charge on any atom is 0.176 e. The molecule has 0 amide bonds. The fraction of sp³-hybridized carbons (Fsp3) is 0.200. The highest BCUT2D eigenvalue weighted by molar-refractivity contribution is 7.90. The molecule has 0 saturated heterocycles. The lowest BCUT2D eigenvalue weighted by atomic mass is 10.2. The molecule has 3 nitrogen and oxygen atoms in total. The minimum absolute atomic E-state index is 0.338. The van der Waals surface area contributed by atoms with Gasteiger partial charge in [0.1, 0.15) is 0 Å². The Bertz CT molecular complexity index is 435. The normalized spacial score (nSPS) is 12.1. The molecule has 0 spiro atoms. The highest BCUT2D eigenvalue weighted by Crippen LogP contribution is 2.16. The van der Waals surface area contributed by atoms with Crippen LogP contribution in [-0.2, 0) is 9.84 Å². The fourth-order valence-electron chi connectivity index (χ4n) is 1.15. The van der Waals surface area contributed by atoms with Crippen LogP contribution in [0, 0.1) is 0 Å². The molecule has 76 valence electrons. The van der Waals surface area contributed by atoms with Crippen molar-refractivity contribution in [3.63, 3.8) is 0 Å². The van der Waals surface area contributed by atoms with E-state index in [0.29, 0.717) is 17.0 Å². The summed E-state index contributed by atoms with van der Waals surface area (Å²) in [7, 11) is -3.16. The van der Waals surface area contributed by atoms with Gasteiger partial charge in [0, 0.05) is 12.8 Å². The van der Waals surface area contributed by atoms with E-state index >= 15 is 0 Å². The number of hydrogen-bond donors (Lipinski definition) is 1. The van der Waals surface area contributed by atoms with Crippen LogP contribution in [0.15, 0.2) is 35.2 Å². The van der Waals surface area contributed by atoms with Crippen molar-refractivity contribution in [3.05, 3.63) is 35.9 Å². The zero-order valence-corrected chi connectivity index (χ0v) is 8.79. The van der Waals surface area contributed by atoms with Crippen molar-refractivity contribution in [2.75, 3.05) is 12.8 Å². The van der Waals surface area contributed by atoms with Gasteiger partial charge in [-0.15, -0.1) is 0 Å². The van der Waals surface area contributed by atoms with E-state index in [-0.39, 0.29) is 0 Å². The lowest BCUT2D eigenvalue weighted by molar-refractivity contribution is 0.601. The van der Waals surface area contributed by atoms with Gasteiger partial charge >= 0.3 is 0 Å². The van der Waals surface area contributed by atoms with Gasteiger partial charge in [-0.1, -0.05) is 30.4 Å². The van der Waals surface area contributed by atoms with E-state index in [0.717, 1.165) is 0 Å². The molecule has 0 aliphatic heterocycles. The summed E-state index contributed by atoms with van der Waals surface area (Å²) in [6.07, 6.45) is 4.64. The molecule has 0 unspecified atom stereocenters. The Kier molecular flexibility index (Phi) is 3.43. The minimum Gasteiger partial charge on any atom is -0.327 e. The van der Waals surface area contributed by atoms with Crippen LogP contribution in [-0.4, -0.2) is 21.2 Å². The zero-order chi connectivity index (χ0) is 10.6. The third-order valence-electron chi connectivity index (χ3n) is 1.75. The first-order valence-electron chi connectivity index (χ1n) is 4.21. The zero-order valence-electron chi connectivity index (χ0n) is 7.97. The first-order chi connectivity index (χ1) is 6.55. The largest absolute Gasteiger partial charge is 0.327 e. The fourth-order valence-corrected chi connectivity index (χ4v) is 2.04. The quantitative estimate of drug-likeness (QED) is 0.813. The molecule has 0 aromatic heterocycles. The molecular weight excluding hydrogens is 198 g/mol. The number of rotatable bonds is 3. The third kappa shape index (κ3) is 2.68. The molecular formula is C10H13NO2S. The second kappa shape index (κ2) is 4.39. The van der Waals surface area contributed by atoms with Crippen molar-refractivity contribution >= 4 is 15.9 Å². The van der Waals surface area contributed by atoms with Gasteiger partial charge in [-0.25, -0.2) is 8.42 Å². The second-order valence-corrected chi connectivity index (χ2v) is 4.93. The van der Waals surface area contributed by atoms with Gasteiger partial charge in [-0.2, -0.15) is 0 Å². The smallest absolute Gasteiger partial charge is 0.176 e. The van der Waals surface area contributed by atoms with Gasteiger partial charge in [0.15, 0.2) is 9.84 Å². The molecule has 1 rings (SSSR count). The molecule has 1 aromatic rings. The van der Waals surface area contributed by atoms with Crippen LogP contribution in [0.2, 0.25) is 0 Å². The Labute approximate surface area is 84.2 Å². The summed E-state index contributed by atoms with van der Waals surface area (Å²) in [6, 6.07) is 6.84. The molecule has 0 radical (unpaired) electrons. The molecule has 0 bridgehead atoms. The minimum atomic E-state index is -3.16. The van der Waals surface area contributed by atoms with E-state index in [1.54, 1.807) is 36.4 Å². The maximum absolute atomic E-state index is 11.4. The molecule has 0 aliphatic rings. The molecule has 0 aliphatic carbocycles. The summed E-state index contributed by atoms with van der Waals surface area (Å²) in [5.74, 6) is 0. The molecule has 4 heteroatoms. The number of sulfone groups is 1. The summed E-state index contributed by atoms with van der Waals surface area (Å²) in [5, 5.41) is 0. The predicted molar refractivity (Wildman–Crippen MR) is 57.6 cm³/mol. The number of benzene rings is 1. The van der Waals surface area contributed by atoms with E-state index < -0.39 is 9.84 Å². The Morgan fingerprint density at radius 3 is 2.57 bits per heavy atom. The van der Waals surface area contributed by atoms with Crippen molar-refractivity contribution in [2.24, 2.45) is 5.73 Å². The first kappa shape index (κ1) is 10.9. The molecule has 0 heterocycles. The summed E-state index contributed by atoms with van der Waals surface area (Å²) >= 11 is 0. The molecule has 2 N–H and O–H groups in total. The van der Waals surface area contributed by atoms with Crippen LogP contribution in [0.3, 0.4) is 0 Å². The predicted octanol–water partition coefficient (Wildman–Crippen LogP) is 1.06. The SMILES string of the molecule is CS(=O)(=O)c1ccccc1/C=C/CN. The van der Waals surface area contributed by atoms with Crippen molar-refractivity contribution < 1.29 is 8.42 Å². The lowest BCUT2D eigenvalue weighted by Gasteiger charge is -2.02. The van der Waals surface area contributed by atoms with Crippen LogP contribution in [0.1, 0.15) is 5.56 Å². The number of hydrogen-bond acceptors (Lipinski definition) is 3. The van der Waals surface area contributed by atoms with Crippen LogP contribution in [0.5, 0.6) is 0 Å². The maximum atomic E-state index is 11.4. The summed E-state index contributed by atoms with van der Waals surface area (Å²) in [5.41, 5.74) is 5.98. The van der Waals surface area contributed by atoms with E-state index in [1.165, 1.54) is 6.26 Å². The topological polar surface area (TPSA) is 60.2 Å². The Balaban J connectivity index is 3.24. The van der Waals surface area contributed by atoms with Gasteiger partial charge in [0.05, 0.1) is 4.90 Å². The molecule has 1 aromatic carbocycles. The number of nitrogens with two attached hydrogens (primary N) is 1. The van der Waals surface area contributed by atoms with Crippen LogP contribution in [0.4, 0.5) is 0 Å². The summed E-state index contributed by atoms with van der Waals surface area (Å²) < 4.78 is 22.7. The summed E-state index contributed by atoms with van der Waals surface area (Å²) in [4.78, 5) is 0.338. The molecule has 0 atom stereocenters. The Morgan fingerprint density at radius 2 is 2.00 bits per heavy atom. The van der Waals surface area contributed by atoms with E-state index in [9.17, 15) is 8.42 Å². The highest BCUT2D eigenvalue weighted by atomic mass is 32.2. The van der Waals surface area contributed by atoms with Crippen molar-refractivity contribution in [1.82, 2.24) is 0 Å². The van der Waals surface area contributed by atoms with Crippen LogP contribution >= 0.6 is 0 Å². The summed E-state index contributed by atoms with van der Waals surface area (Å²) in [6.45, 7) is 0.401.